The zero-order valence-electron chi connectivity index (χ0n) is 8.16. The lowest BCUT2D eigenvalue weighted by atomic mass is 10.2. The minimum Gasteiger partial charge on any atom is -0.479 e. The normalized spacial score (nSPS) is 12.8. The summed E-state index contributed by atoms with van der Waals surface area (Å²) < 4.78 is 5.17. The summed E-state index contributed by atoms with van der Waals surface area (Å²) >= 11 is 0. The highest BCUT2D eigenvalue weighted by Gasteiger charge is 2.15. The molecule has 0 heterocycles. The fourth-order valence-corrected chi connectivity index (χ4v) is 1.01. The van der Waals surface area contributed by atoms with Crippen molar-refractivity contribution in [3.63, 3.8) is 0 Å². The van der Waals surface area contributed by atoms with Crippen molar-refractivity contribution in [2.45, 2.75) is 38.7 Å². The lowest BCUT2D eigenvalue weighted by Gasteiger charge is -2.11. The molecule has 3 N–H and O–H groups in total. The smallest absolute Gasteiger partial charge is 0.332 e. The van der Waals surface area contributed by atoms with Crippen LogP contribution in [-0.2, 0) is 9.53 Å². The van der Waals surface area contributed by atoms with E-state index in [1.165, 1.54) is 0 Å². The molecule has 4 nitrogen and oxygen atoms in total. The van der Waals surface area contributed by atoms with Crippen molar-refractivity contribution in [1.29, 1.82) is 0 Å². The summed E-state index contributed by atoms with van der Waals surface area (Å²) in [5.74, 6) is -0.915. The summed E-state index contributed by atoms with van der Waals surface area (Å²) in [6.07, 6.45) is 2.78. The third-order valence-corrected chi connectivity index (χ3v) is 1.77. The molecule has 0 aromatic carbocycles. The van der Waals surface area contributed by atoms with Crippen molar-refractivity contribution in [1.82, 2.24) is 0 Å². The van der Waals surface area contributed by atoms with Gasteiger partial charge in [-0.05, 0) is 19.4 Å². The van der Waals surface area contributed by atoms with Gasteiger partial charge >= 0.3 is 5.97 Å². The SMILES string of the molecule is CCCCCOC(CCN)C(=O)O. The fraction of sp³-hybridized carbons (Fsp3) is 0.889. The van der Waals surface area contributed by atoms with E-state index in [1.54, 1.807) is 0 Å². The molecule has 0 radical (unpaired) electrons. The van der Waals surface area contributed by atoms with Crippen molar-refractivity contribution in [2.75, 3.05) is 13.2 Å². The van der Waals surface area contributed by atoms with Crippen LogP contribution in [0.4, 0.5) is 0 Å². The third-order valence-electron chi connectivity index (χ3n) is 1.77. The quantitative estimate of drug-likeness (QED) is 0.559. The van der Waals surface area contributed by atoms with Gasteiger partial charge in [0.05, 0.1) is 0 Å². The van der Waals surface area contributed by atoms with Gasteiger partial charge in [0, 0.05) is 6.61 Å². The van der Waals surface area contributed by atoms with Crippen LogP contribution in [0.15, 0.2) is 0 Å². The molecular weight excluding hydrogens is 170 g/mol. The largest absolute Gasteiger partial charge is 0.479 e. The maximum atomic E-state index is 10.6. The lowest BCUT2D eigenvalue weighted by molar-refractivity contribution is -0.150. The molecule has 0 aromatic rings. The van der Waals surface area contributed by atoms with Gasteiger partial charge in [0.2, 0.25) is 0 Å². The summed E-state index contributed by atoms with van der Waals surface area (Å²) in [7, 11) is 0. The Labute approximate surface area is 79.1 Å². The van der Waals surface area contributed by atoms with Gasteiger partial charge in [-0.15, -0.1) is 0 Å². The summed E-state index contributed by atoms with van der Waals surface area (Å²) in [6.45, 7) is 2.96. The average molecular weight is 189 g/mol. The molecule has 0 aliphatic heterocycles. The predicted octanol–water partition coefficient (Wildman–Crippen LogP) is 0.995. The van der Waals surface area contributed by atoms with Gasteiger partial charge in [-0.3, -0.25) is 0 Å². The first kappa shape index (κ1) is 12.4. The Hall–Kier alpha value is -0.610. The van der Waals surface area contributed by atoms with Gasteiger partial charge in [0.15, 0.2) is 6.10 Å². The van der Waals surface area contributed by atoms with Gasteiger partial charge in [-0.1, -0.05) is 19.8 Å². The summed E-state index contributed by atoms with van der Waals surface area (Å²) in [5.41, 5.74) is 5.25. The second-order valence-corrected chi connectivity index (χ2v) is 2.98. The molecule has 0 bridgehead atoms. The van der Waals surface area contributed by atoms with Crippen LogP contribution in [0.5, 0.6) is 0 Å². The molecule has 1 unspecified atom stereocenters. The van der Waals surface area contributed by atoms with E-state index in [4.69, 9.17) is 15.6 Å². The fourth-order valence-electron chi connectivity index (χ4n) is 1.01. The molecule has 13 heavy (non-hydrogen) atoms. The van der Waals surface area contributed by atoms with E-state index < -0.39 is 12.1 Å². The minimum absolute atomic E-state index is 0.352. The van der Waals surface area contributed by atoms with Crippen LogP contribution >= 0.6 is 0 Å². The molecule has 0 saturated heterocycles. The Morgan fingerprint density at radius 3 is 2.69 bits per heavy atom. The molecule has 0 rings (SSSR count). The Balaban J connectivity index is 3.51. The van der Waals surface area contributed by atoms with E-state index in [-0.39, 0.29) is 0 Å². The van der Waals surface area contributed by atoms with Gasteiger partial charge < -0.3 is 15.6 Å². The maximum absolute atomic E-state index is 10.6. The summed E-state index contributed by atoms with van der Waals surface area (Å²) in [5, 5.41) is 8.68. The lowest BCUT2D eigenvalue weighted by Crippen LogP contribution is -2.27. The van der Waals surface area contributed by atoms with Crippen LogP contribution in [0.1, 0.15) is 32.6 Å². The van der Waals surface area contributed by atoms with Crippen LogP contribution in [0.25, 0.3) is 0 Å². The van der Waals surface area contributed by atoms with Crippen LogP contribution in [-0.4, -0.2) is 30.3 Å². The first-order chi connectivity index (χ1) is 6.22. The Morgan fingerprint density at radius 2 is 2.23 bits per heavy atom. The highest BCUT2D eigenvalue weighted by Crippen LogP contribution is 2.01. The van der Waals surface area contributed by atoms with Crippen molar-refractivity contribution >= 4 is 5.97 Å². The molecule has 0 amide bonds. The highest BCUT2D eigenvalue weighted by molar-refractivity contribution is 5.72. The second-order valence-electron chi connectivity index (χ2n) is 2.98. The molecule has 0 fully saturated rings. The minimum atomic E-state index is -0.915. The van der Waals surface area contributed by atoms with Crippen LogP contribution in [0, 0.1) is 0 Å². The van der Waals surface area contributed by atoms with Gasteiger partial charge in [-0.25, -0.2) is 4.79 Å². The molecule has 78 valence electrons. The number of ether oxygens (including phenoxy) is 1. The summed E-state index contributed by atoms with van der Waals surface area (Å²) in [6, 6.07) is 0. The number of nitrogens with two attached hydrogens (primary N) is 1. The number of carboxylic acids is 1. The van der Waals surface area contributed by atoms with Crippen molar-refractivity contribution < 1.29 is 14.6 Å². The molecule has 4 heteroatoms. The van der Waals surface area contributed by atoms with E-state index in [0.717, 1.165) is 19.3 Å². The first-order valence-electron chi connectivity index (χ1n) is 4.76. The van der Waals surface area contributed by atoms with Crippen LogP contribution in [0.3, 0.4) is 0 Å². The van der Waals surface area contributed by atoms with E-state index in [0.29, 0.717) is 19.6 Å². The highest BCUT2D eigenvalue weighted by atomic mass is 16.5. The van der Waals surface area contributed by atoms with E-state index in [2.05, 4.69) is 6.92 Å². The van der Waals surface area contributed by atoms with Crippen LogP contribution in [0.2, 0.25) is 0 Å². The van der Waals surface area contributed by atoms with Gasteiger partial charge in [-0.2, -0.15) is 0 Å². The van der Waals surface area contributed by atoms with Crippen LogP contribution < -0.4 is 5.73 Å². The van der Waals surface area contributed by atoms with Crippen molar-refractivity contribution in [2.24, 2.45) is 5.73 Å². The third kappa shape index (κ3) is 6.54. The molecule has 1 atom stereocenters. The number of hydrogen-bond donors (Lipinski definition) is 2. The topological polar surface area (TPSA) is 72.5 Å². The van der Waals surface area contributed by atoms with E-state index in [1.807, 2.05) is 0 Å². The average Bonchev–Trinajstić information content (AvgIpc) is 2.10. The number of rotatable bonds is 8. The second kappa shape index (κ2) is 8.01. The molecule has 0 aliphatic carbocycles. The van der Waals surface area contributed by atoms with Gasteiger partial charge in [0.25, 0.3) is 0 Å². The Kier molecular flexibility index (Phi) is 7.63. The molecule has 0 aromatic heterocycles. The zero-order chi connectivity index (χ0) is 10.1. The predicted molar refractivity (Wildman–Crippen MR) is 50.6 cm³/mol. The number of carbonyl (C=O) groups is 1. The summed E-state index contributed by atoms with van der Waals surface area (Å²) in [4.78, 5) is 10.6. The molecule has 0 saturated carbocycles. The number of hydrogen-bond acceptors (Lipinski definition) is 3. The van der Waals surface area contributed by atoms with E-state index in [9.17, 15) is 4.79 Å². The van der Waals surface area contributed by atoms with Crippen molar-refractivity contribution in [3.05, 3.63) is 0 Å². The molecular formula is C9H19NO3. The maximum Gasteiger partial charge on any atom is 0.332 e. The first-order valence-corrected chi connectivity index (χ1v) is 4.76. The Bertz CT molecular complexity index is 139. The number of carboxylic acid groups (broad SMARTS) is 1. The number of unbranched alkanes of at least 4 members (excludes halogenated alkanes) is 2. The van der Waals surface area contributed by atoms with E-state index >= 15 is 0 Å². The number of aliphatic carboxylic acids is 1. The van der Waals surface area contributed by atoms with Gasteiger partial charge in [0.1, 0.15) is 0 Å². The zero-order valence-corrected chi connectivity index (χ0v) is 8.16. The Morgan fingerprint density at radius 1 is 1.54 bits per heavy atom. The molecule has 0 spiro atoms. The monoisotopic (exact) mass is 189 g/mol. The molecule has 0 aliphatic rings. The standard InChI is InChI=1S/C9H19NO3/c1-2-3-4-7-13-8(5-6-10)9(11)12/h8H,2-7,10H2,1H3,(H,11,12). The van der Waals surface area contributed by atoms with Crippen molar-refractivity contribution in [3.8, 4) is 0 Å².